The number of rotatable bonds is 15. The van der Waals surface area contributed by atoms with Crippen LogP contribution in [0.15, 0.2) is 47.4 Å². The number of methoxy groups -OCH3 is 1. The van der Waals surface area contributed by atoms with Crippen LogP contribution in [0.2, 0.25) is 0 Å². The minimum absolute atomic E-state index is 0.0915. The molecule has 0 saturated carbocycles. The molecule has 0 atom stereocenters. The molecule has 3 N–H and O–H groups in total. The highest BCUT2D eigenvalue weighted by molar-refractivity contribution is 7.98. The summed E-state index contributed by atoms with van der Waals surface area (Å²) in [7, 11) is 1.32. The van der Waals surface area contributed by atoms with E-state index in [2.05, 4.69) is 25.6 Å². The zero-order valence-electron chi connectivity index (χ0n) is 34.2. The third-order valence-electron chi connectivity index (χ3n) is 10.1. The number of nitrogens with one attached hydrogen (secondary N) is 2. The van der Waals surface area contributed by atoms with E-state index >= 15 is 0 Å². The first-order chi connectivity index (χ1) is 28.9. The molecule has 6 aromatic rings. The number of carbonyl (C=O) groups excluding carboxylic acids is 3. The number of fused-ring (bicyclic) bond motifs is 2. The summed E-state index contributed by atoms with van der Waals surface area (Å²) < 4.78 is 16.0. The van der Waals surface area contributed by atoms with Gasteiger partial charge in [-0.2, -0.15) is 5.10 Å². The number of thiazole rings is 1. The van der Waals surface area contributed by atoms with Crippen molar-refractivity contribution in [2.24, 2.45) is 0 Å². The lowest BCUT2D eigenvalue weighted by Crippen LogP contribution is -2.35. The summed E-state index contributed by atoms with van der Waals surface area (Å²) in [4.78, 5) is 70.1. The number of allylic oxidation sites excluding steroid dienone is 2. The predicted octanol–water partition coefficient (Wildman–Crippen LogP) is 6.04. The third-order valence-corrected chi connectivity index (χ3v) is 11.8. The van der Waals surface area contributed by atoms with E-state index in [0.29, 0.717) is 95.4 Å². The average Bonchev–Trinajstić information content (AvgIpc) is 4.01. The number of hydrogen-bond acceptors (Lipinski definition) is 13. The zero-order chi connectivity index (χ0) is 42.7. The minimum atomic E-state index is -1.08. The van der Waals surface area contributed by atoms with Gasteiger partial charge in [-0.25, -0.2) is 24.5 Å². The highest BCUT2D eigenvalue weighted by Crippen LogP contribution is 2.32. The number of ether oxygens (including phenoxy) is 2. The molecule has 0 unspecified atom stereocenters. The fourth-order valence-corrected chi connectivity index (χ4v) is 8.86. The summed E-state index contributed by atoms with van der Waals surface area (Å²) >= 11 is 2.74. The molecule has 2 aromatic carbocycles. The Labute approximate surface area is 353 Å². The Kier molecular flexibility index (Phi) is 12.8. The number of esters is 1. The molecule has 7 rings (SSSR count). The topological polar surface area (TPSA) is 201 Å². The third kappa shape index (κ3) is 8.70. The second-order valence-corrected chi connectivity index (χ2v) is 16.1. The Bertz CT molecular complexity index is 2650. The molecule has 0 aliphatic carbocycles. The molecule has 1 saturated heterocycles. The molecule has 19 heteroatoms. The van der Waals surface area contributed by atoms with Crippen molar-refractivity contribution in [3.63, 3.8) is 0 Å². The van der Waals surface area contributed by atoms with Gasteiger partial charge in [0, 0.05) is 44.2 Å². The van der Waals surface area contributed by atoms with Crippen LogP contribution in [0.1, 0.15) is 76.7 Å². The summed E-state index contributed by atoms with van der Waals surface area (Å²) in [6.45, 7) is 11.4. The maximum absolute atomic E-state index is 13.8. The van der Waals surface area contributed by atoms with Crippen molar-refractivity contribution in [3.05, 3.63) is 86.1 Å². The Balaban J connectivity index is 1.29. The second-order valence-electron chi connectivity index (χ2n) is 14.1. The number of aromatic nitrogens is 7. The van der Waals surface area contributed by atoms with Gasteiger partial charge in [0.2, 0.25) is 11.9 Å². The first kappa shape index (κ1) is 42.2. The number of carboxylic acid groups (broad SMARTS) is 1. The van der Waals surface area contributed by atoms with Gasteiger partial charge in [0.1, 0.15) is 10.6 Å². The summed E-state index contributed by atoms with van der Waals surface area (Å²) in [6.07, 6.45) is 6.31. The zero-order valence-corrected chi connectivity index (χ0v) is 35.8. The number of anilines is 2. The summed E-state index contributed by atoms with van der Waals surface area (Å²) in [6, 6.07) is 8.28. The van der Waals surface area contributed by atoms with Crippen LogP contribution in [0.5, 0.6) is 0 Å². The van der Waals surface area contributed by atoms with Gasteiger partial charge in [0.05, 0.1) is 69.9 Å². The number of thioether (sulfide) groups is 1. The largest absolute Gasteiger partial charge is 0.478 e. The van der Waals surface area contributed by atoms with Crippen LogP contribution in [0.25, 0.3) is 22.1 Å². The number of hydrogen-bond donors (Lipinski definition) is 3. The van der Waals surface area contributed by atoms with Crippen molar-refractivity contribution in [3.8, 4) is 0 Å². The van der Waals surface area contributed by atoms with Crippen LogP contribution in [0.3, 0.4) is 0 Å². The van der Waals surface area contributed by atoms with E-state index < -0.39 is 17.8 Å². The van der Waals surface area contributed by atoms with E-state index in [4.69, 9.17) is 19.4 Å². The highest BCUT2D eigenvalue weighted by atomic mass is 32.2. The van der Waals surface area contributed by atoms with Gasteiger partial charge in [-0.05, 0) is 69.3 Å². The van der Waals surface area contributed by atoms with Crippen molar-refractivity contribution in [1.82, 2.24) is 38.8 Å². The molecule has 1 aliphatic heterocycles. The summed E-state index contributed by atoms with van der Waals surface area (Å²) in [5.41, 5.74) is 5.24. The van der Waals surface area contributed by atoms with Crippen LogP contribution < -0.4 is 10.6 Å². The van der Waals surface area contributed by atoms with E-state index in [0.717, 1.165) is 15.5 Å². The SMILES string of the molecule is CCc1nc(C)sc1C(=O)Nc1nc2cc(C(=O)O)cc(CN3CCOCC3)c2n1CC=CCn1c(NC(=O)c2cc(C)nn2CC)nc2cc(C(=O)OC)cc(SC)c21. The van der Waals surface area contributed by atoms with Gasteiger partial charge in [-0.15, -0.1) is 23.1 Å². The smallest absolute Gasteiger partial charge is 0.337 e. The van der Waals surface area contributed by atoms with Crippen LogP contribution in [0, 0.1) is 13.8 Å². The first-order valence-corrected chi connectivity index (χ1v) is 21.5. The van der Waals surface area contributed by atoms with E-state index in [1.165, 1.54) is 36.3 Å². The molecule has 0 radical (unpaired) electrons. The van der Waals surface area contributed by atoms with Crippen molar-refractivity contribution in [2.75, 3.05) is 50.3 Å². The van der Waals surface area contributed by atoms with E-state index in [9.17, 15) is 24.3 Å². The molecule has 0 spiro atoms. The van der Waals surface area contributed by atoms with E-state index in [-0.39, 0.29) is 36.5 Å². The standard InChI is InChI=1S/C41H46N10O7S2/c1-7-28-35(60-24(4)42-28)37(53)46-41-43-29-19-25(38(54)55)18-27(22-48-13-15-58-16-14-48)33(29)49(41)11-9-10-12-50-34-30(20-26(39(56)57-5)21-32(34)59-6)44-40(50)45-36(52)31-17-23(3)47-51(31)8-2/h9-10,17-21H,7-8,11-16,22H2,1-6H3,(H,54,55)(H,43,46,53)(H,44,45,52). The maximum atomic E-state index is 13.8. The molecule has 17 nitrogen and oxygen atoms in total. The number of imidazole rings is 2. The highest BCUT2D eigenvalue weighted by Gasteiger charge is 2.25. The van der Waals surface area contributed by atoms with Crippen molar-refractivity contribution >= 4 is 80.8 Å². The summed E-state index contributed by atoms with van der Waals surface area (Å²) in [5, 5.41) is 21.3. The number of benzene rings is 2. The molecule has 2 amide bonds. The van der Waals surface area contributed by atoms with Crippen molar-refractivity contribution in [1.29, 1.82) is 0 Å². The maximum Gasteiger partial charge on any atom is 0.337 e. The Morgan fingerprint density at radius 2 is 1.55 bits per heavy atom. The lowest BCUT2D eigenvalue weighted by Gasteiger charge is -2.27. The van der Waals surface area contributed by atoms with Crippen molar-refractivity contribution < 1.29 is 33.8 Å². The van der Waals surface area contributed by atoms with Crippen LogP contribution in [-0.4, -0.2) is 107 Å². The number of aromatic carboxylic acids is 1. The quantitative estimate of drug-likeness (QED) is 0.0614. The van der Waals surface area contributed by atoms with Crippen molar-refractivity contribution in [2.45, 2.75) is 65.2 Å². The predicted molar refractivity (Wildman–Crippen MR) is 230 cm³/mol. The molecule has 5 heterocycles. The normalized spacial score (nSPS) is 13.4. The minimum Gasteiger partial charge on any atom is -0.478 e. The number of carboxylic acids is 1. The Morgan fingerprint density at radius 1 is 0.900 bits per heavy atom. The molecular weight excluding hydrogens is 809 g/mol. The van der Waals surface area contributed by atoms with Gasteiger partial charge < -0.3 is 23.7 Å². The average molecular weight is 855 g/mol. The van der Waals surface area contributed by atoms with Gasteiger partial charge in [0.25, 0.3) is 11.8 Å². The van der Waals surface area contributed by atoms with Crippen LogP contribution in [-0.2, 0) is 42.1 Å². The molecule has 1 aliphatic rings. The lowest BCUT2D eigenvalue weighted by atomic mass is 10.1. The molecule has 4 aromatic heterocycles. The first-order valence-electron chi connectivity index (χ1n) is 19.4. The number of aryl methyl sites for hydroxylation is 4. The van der Waals surface area contributed by atoms with Gasteiger partial charge in [-0.1, -0.05) is 19.1 Å². The lowest BCUT2D eigenvalue weighted by molar-refractivity contribution is 0.0343. The van der Waals surface area contributed by atoms with E-state index in [1.807, 2.05) is 55.2 Å². The number of nitrogens with zero attached hydrogens (tertiary/aromatic N) is 8. The van der Waals surface area contributed by atoms with E-state index in [1.54, 1.807) is 28.9 Å². The van der Waals surface area contributed by atoms with Gasteiger partial charge >= 0.3 is 11.9 Å². The number of amides is 2. The molecule has 0 bridgehead atoms. The summed E-state index contributed by atoms with van der Waals surface area (Å²) in [5.74, 6) is -1.82. The second kappa shape index (κ2) is 18.2. The van der Waals surface area contributed by atoms with Crippen LogP contribution in [0.4, 0.5) is 11.9 Å². The Morgan fingerprint density at radius 3 is 2.18 bits per heavy atom. The number of carbonyl (C=O) groups is 4. The molecule has 1 fully saturated rings. The van der Waals surface area contributed by atoms with Gasteiger partial charge in [0.15, 0.2) is 0 Å². The number of morpholine rings is 1. The fraction of sp³-hybridized carbons (Fsp3) is 0.366. The molecule has 60 heavy (non-hydrogen) atoms. The van der Waals surface area contributed by atoms with Gasteiger partial charge in [-0.3, -0.25) is 29.8 Å². The monoisotopic (exact) mass is 854 g/mol. The molecular formula is C41H46N10O7S2. The fourth-order valence-electron chi connectivity index (χ4n) is 7.31. The van der Waals surface area contributed by atoms with Crippen LogP contribution >= 0.6 is 23.1 Å². The molecule has 314 valence electrons. The Hall–Kier alpha value is -5.89.